The van der Waals surface area contributed by atoms with Crippen LogP contribution in [0.15, 0.2) is 101 Å². The van der Waals surface area contributed by atoms with Gasteiger partial charge < -0.3 is 9.04 Å². The first-order valence-electron chi connectivity index (χ1n) is 11.5. The summed E-state index contributed by atoms with van der Waals surface area (Å²) in [5.41, 5.74) is 3.77. The van der Waals surface area contributed by atoms with Crippen molar-refractivity contribution in [3.63, 3.8) is 0 Å². The smallest absolute Gasteiger partial charge is 0.147 e. The molecule has 0 saturated carbocycles. The second kappa shape index (κ2) is 13.6. The first-order valence-corrected chi connectivity index (χ1v) is 13.7. The normalized spacial score (nSPS) is 10.8. The van der Waals surface area contributed by atoms with E-state index in [-0.39, 0.29) is 5.69 Å². The van der Waals surface area contributed by atoms with Gasteiger partial charge in [-0.25, -0.2) is 8.78 Å². The van der Waals surface area contributed by atoms with E-state index in [1.807, 2.05) is 60.7 Å². The summed E-state index contributed by atoms with van der Waals surface area (Å²) in [5.74, 6) is 0.536. The van der Waals surface area contributed by atoms with E-state index in [1.54, 1.807) is 28.2 Å². The SMILES string of the molecule is ONc1ccc(SCCCOc2ccccc2CN(Sc2ccc(Cl)cc2)c2cc(F)ccc2F)cc1. The molecule has 0 amide bonds. The Labute approximate surface area is 228 Å². The Bertz CT molecular complexity index is 1290. The average molecular weight is 559 g/mol. The number of halogens is 3. The van der Waals surface area contributed by atoms with Gasteiger partial charge in [0.25, 0.3) is 0 Å². The van der Waals surface area contributed by atoms with Crippen molar-refractivity contribution >= 4 is 46.7 Å². The molecule has 0 fully saturated rings. The highest BCUT2D eigenvalue weighted by molar-refractivity contribution is 8.00. The summed E-state index contributed by atoms with van der Waals surface area (Å²) in [6.07, 6.45) is 0.820. The van der Waals surface area contributed by atoms with E-state index in [4.69, 9.17) is 21.5 Å². The lowest BCUT2D eigenvalue weighted by Crippen LogP contribution is -2.16. The number of hydrogen-bond donors (Lipinski definition) is 2. The van der Waals surface area contributed by atoms with Crippen molar-refractivity contribution in [2.45, 2.75) is 22.8 Å². The number of thioether (sulfide) groups is 1. The fourth-order valence-corrected chi connectivity index (χ4v) is 5.36. The predicted molar refractivity (Wildman–Crippen MR) is 149 cm³/mol. The number of ether oxygens (including phenoxy) is 1. The highest BCUT2D eigenvalue weighted by atomic mass is 35.5. The van der Waals surface area contributed by atoms with E-state index in [2.05, 4.69) is 5.48 Å². The lowest BCUT2D eigenvalue weighted by atomic mass is 10.2. The van der Waals surface area contributed by atoms with Gasteiger partial charge in [-0.1, -0.05) is 29.8 Å². The van der Waals surface area contributed by atoms with Gasteiger partial charge in [-0.15, -0.1) is 11.8 Å². The summed E-state index contributed by atoms with van der Waals surface area (Å²) in [5, 5.41) is 9.52. The van der Waals surface area contributed by atoms with Crippen LogP contribution in [0.1, 0.15) is 12.0 Å². The highest BCUT2D eigenvalue weighted by Gasteiger charge is 2.17. The van der Waals surface area contributed by atoms with Crippen molar-refractivity contribution < 1.29 is 18.7 Å². The molecule has 0 aromatic heterocycles. The Hall–Kier alpha value is -2.91. The molecule has 0 spiro atoms. The maximum atomic E-state index is 14.8. The van der Waals surface area contributed by atoms with Crippen LogP contribution in [0.5, 0.6) is 5.75 Å². The molecule has 37 heavy (non-hydrogen) atoms. The van der Waals surface area contributed by atoms with Crippen molar-refractivity contribution in [3.05, 3.63) is 113 Å². The Morgan fingerprint density at radius 1 is 0.892 bits per heavy atom. The van der Waals surface area contributed by atoms with Gasteiger partial charge >= 0.3 is 0 Å². The molecule has 4 aromatic carbocycles. The van der Waals surface area contributed by atoms with Crippen LogP contribution < -0.4 is 14.5 Å². The van der Waals surface area contributed by atoms with Crippen molar-refractivity contribution in [1.82, 2.24) is 0 Å². The predicted octanol–water partition coefficient (Wildman–Crippen LogP) is 8.69. The van der Waals surface area contributed by atoms with Gasteiger partial charge in [0, 0.05) is 32.2 Å². The molecular formula is C28H25ClF2N2O2S2. The number of nitrogens with one attached hydrogen (secondary N) is 1. The molecule has 2 N–H and O–H groups in total. The number of hydrogen-bond acceptors (Lipinski definition) is 6. The Balaban J connectivity index is 1.42. The Morgan fingerprint density at radius 3 is 2.38 bits per heavy atom. The van der Waals surface area contributed by atoms with Crippen molar-refractivity contribution in [3.8, 4) is 5.75 Å². The number of rotatable bonds is 12. The molecule has 192 valence electrons. The van der Waals surface area contributed by atoms with Crippen molar-refractivity contribution in [1.29, 1.82) is 0 Å². The maximum Gasteiger partial charge on any atom is 0.147 e. The fourth-order valence-electron chi connectivity index (χ4n) is 3.45. The average Bonchev–Trinajstić information content (AvgIpc) is 2.92. The monoisotopic (exact) mass is 558 g/mol. The van der Waals surface area contributed by atoms with Crippen LogP contribution in [0, 0.1) is 11.6 Å². The molecule has 0 aliphatic rings. The minimum Gasteiger partial charge on any atom is -0.493 e. The van der Waals surface area contributed by atoms with Gasteiger partial charge in [0.05, 0.1) is 24.5 Å². The van der Waals surface area contributed by atoms with Crippen LogP contribution >= 0.6 is 35.3 Å². The molecule has 0 aliphatic carbocycles. The molecule has 9 heteroatoms. The van der Waals surface area contributed by atoms with Crippen LogP contribution in [0.2, 0.25) is 5.02 Å². The number of nitrogens with zero attached hydrogens (tertiary/aromatic N) is 1. The Kier molecular flexibility index (Phi) is 9.96. The molecule has 0 radical (unpaired) electrons. The van der Waals surface area contributed by atoms with Crippen LogP contribution in [-0.2, 0) is 6.54 Å². The van der Waals surface area contributed by atoms with Crippen LogP contribution in [0.4, 0.5) is 20.2 Å². The van der Waals surface area contributed by atoms with Gasteiger partial charge in [0.1, 0.15) is 17.4 Å². The largest absolute Gasteiger partial charge is 0.493 e. The van der Waals surface area contributed by atoms with Crippen LogP contribution in [0.25, 0.3) is 0 Å². The summed E-state index contributed by atoms with van der Waals surface area (Å²) in [4.78, 5) is 1.94. The van der Waals surface area contributed by atoms with Crippen LogP contribution in [0.3, 0.4) is 0 Å². The zero-order valence-electron chi connectivity index (χ0n) is 19.7. The molecule has 0 heterocycles. The number of benzene rings is 4. The summed E-state index contributed by atoms with van der Waals surface area (Å²) >= 11 is 9.02. The molecule has 0 saturated heterocycles. The molecule has 0 aliphatic heterocycles. The summed E-state index contributed by atoms with van der Waals surface area (Å²) in [6, 6.07) is 25.7. The summed E-state index contributed by atoms with van der Waals surface area (Å²) in [6.45, 7) is 0.808. The second-order valence-corrected chi connectivity index (χ2v) is 10.7. The fraction of sp³-hybridized carbons (Fsp3) is 0.143. The lowest BCUT2D eigenvalue weighted by molar-refractivity contribution is 0.315. The molecular weight excluding hydrogens is 534 g/mol. The van der Waals surface area contributed by atoms with E-state index in [0.29, 0.717) is 29.6 Å². The van der Waals surface area contributed by atoms with Crippen molar-refractivity contribution in [2.75, 3.05) is 22.1 Å². The van der Waals surface area contributed by atoms with E-state index >= 15 is 0 Å². The van der Waals surface area contributed by atoms with E-state index in [1.165, 1.54) is 18.0 Å². The van der Waals surface area contributed by atoms with E-state index in [9.17, 15) is 8.78 Å². The zero-order chi connectivity index (χ0) is 26.0. The molecule has 0 bridgehead atoms. The molecule has 0 unspecified atom stereocenters. The highest BCUT2D eigenvalue weighted by Crippen LogP contribution is 2.35. The third-order valence-corrected chi connectivity index (χ3v) is 7.67. The molecule has 0 atom stereocenters. The van der Waals surface area contributed by atoms with Gasteiger partial charge in [0.15, 0.2) is 0 Å². The lowest BCUT2D eigenvalue weighted by Gasteiger charge is -2.25. The van der Waals surface area contributed by atoms with Gasteiger partial charge in [-0.2, -0.15) is 0 Å². The first kappa shape index (κ1) is 27.1. The van der Waals surface area contributed by atoms with E-state index < -0.39 is 11.6 Å². The van der Waals surface area contributed by atoms with Gasteiger partial charge in [-0.3, -0.25) is 10.7 Å². The summed E-state index contributed by atoms with van der Waals surface area (Å²) < 4.78 is 36.6. The molecule has 4 rings (SSSR count). The maximum absolute atomic E-state index is 14.8. The first-order chi connectivity index (χ1) is 18.0. The topological polar surface area (TPSA) is 44.7 Å². The van der Waals surface area contributed by atoms with Crippen LogP contribution in [-0.4, -0.2) is 17.6 Å². The minimum absolute atomic E-state index is 0.147. The number of para-hydroxylation sites is 1. The third-order valence-electron chi connectivity index (χ3n) is 5.29. The quantitative estimate of drug-likeness (QED) is 0.0784. The third kappa shape index (κ3) is 8.04. The second-order valence-electron chi connectivity index (χ2n) is 7.97. The van der Waals surface area contributed by atoms with Gasteiger partial charge in [-0.05, 0) is 85.1 Å². The molecule has 4 nitrogen and oxygen atoms in total. The van der Waals surface area contributed by atoms with Crippen molar-refractivity contribution in [2.24, 2.45) is 0 Å². The molecule has 4 aromatic rings. The summed E-state index contributed by atoms with van der Waals surface area (Å²) in [7, 11) is 0. The standard InChI is InChI=1S/C28H25ClF2N2O2S2/c29-21-6-11-25(12-7-21)37-33(27-18-22(30)8-15-26(27)31)19-20-4-1-2-5-28(20)35-16-3-17-36-24-13-9-23(32-34)10-14-24/h1-2,4-15,18,32,34H,3,16-17,19H2. The Morgan fingerprint density at radius 2 is 1.62 bits per heavy atom. The zero-order valence-corrected chi connectivity index (χ0v) is 22.1. The van der Waals surface area contributed by atoms with Gasteiger partial charge in [0.2, 0.25) is 0 Å². The van der Waals surface area contributed by atoms with E-state index in [0.717, 1.165) is 39.7 Å². The number of anilines is 2. The minimum atomic E-state index is -0.513.